The van der Waals surface area contributed by atoms with Gasteiger partial charge in [-0.05, 0) is 26.2 Å². The van der Waals surface area contributed by atoms with Crippen LogP contribution in [-0.4, -0.2) is 24.0 Å². The van der Waals surface area contributed by atoms with E-state index in [1.165, 1.54) is 5.69 Å². The Kier molecular flexibility index (Phi) is 1.90. The third-order valence-electron chi connectivity index (χ3n) is 1.09. The Labute approximate surface area is 55.5 Å². The number of H-pyrrole nitrogens is 1. The fourth-order valence-corrected chi connectivity index (χ4v) is 0.751. The molecule has 49 valence electrons. The van der Waals surface area contributed by atoms with Crippen LogP contribution in [0.1, 0.15) is 5.69 Å². The van der Waals surface area contributed by atoms with Gasteiger partial charge in [0.2, 0.25) is 0 Å². The van der Waals surface area contributed by atoms with Crippen molar-refractivity contribution in [1.29, 1.82) is 0 Å². The summed E-state index contributed by atoms with van der Waals surface area (Å²) >= 11 is 0. The van der Waals surface area contributed by atoms with E-state index in [1.807, 2.05) is 26.2 Å². The van der Waals surface area contributed by atoms with Crippen LogP contribution in [0.4, 0.5) is 0 Å². The summed E-state index contributed by atoms with van der Waals surface area (Å²) in [6.45, 7) is 0.962. The van der Waals surface area contributed by atoms with Crippen LogP contribution in [0.3, 0.4) is 0 Å². The molecule has 0 fully saturated rings. The molecule has 0 aromatic carbocycles. The van der Waals surface area contributed by atoms with Crippen molar-refractivity contribution in [3.8, 4) is 0 Å². The maximum absolute atomic E-state index is 3.00. The molecule has 0 saturated carbocycles. The molecule has 0 unspecified atom stereocenters. The molecule has 0 aliphatic carbocycles. The van der Waals surface area contributed by atoms with Crippen molar-refractivity contribution < 1.29 is 0 Å². The molecule has 9 heavy (non-hydrogen) atoms. The first-order chi connectivity index (χ1) is 4.29. The lowest BCUT2D eigenvalue weighted by Gasteiger charge is -2.05. The van der Waals surface area contributed by atoms with Crippen molar-refractivity contribution in [2.24, 2.45) is 0 Å². The number of rotatable bonds is 2. The second-order valence-electron chi connectivity index (χ2n) is 2.37. The lowest BCUT2D eigenvalue weighted by Crippen LogP contribution is -2.10. The Bertz CT molecular complexity index is 153. The molecule has 0 spiro atoms. The van der Waals surface area contributed by atoms with Crippen molar-refractivity contribution in [2.45, 2.75) is 6.54 Å². The normalized spacial score (nSPS) is 10.6. The minimum Gasteiger partial charge on any atom is -0.356 e. The molecule has 0 amide bonds. The summed E-state index contributed by atoms with van der Waals surface area (Å²) in [5.74, 6) is 0. The zero-order valence-electron chi connectivity index (χ0n) is 5.81. The summed E-state index contributed by atoms with van der Waals surface area (Å²) in [5.41, 5.74) is 1.21. The van der Waals surface area contributed by atoms with Gasteiger partial charge >= 0.3 is 0 Å². The van der Waals surface area contributed by atoms with Crippen LogP contribution >= 0.6 is 0 Å². The van der Waals surface area contributed by atoms with E-state index in [2.05, 4.69) is 16.1 Å². The summed E-state index contributed by atoms with van der Waals surface area (Å²) in [6.07, 6.45) is 2.88. The fraction of sp³-hybridized carbons (Fsp3) is 0.429. The second kappa shape index (κ2) is 2.69. The van der Waals surface area contributed by atoms with Gasteiger partial charge in [-0.15, -0.1) is 0 Å². The molecular formula is C7H11N2. The Morgan fingerprint density at radius 2 is 2.44 bits per heavy atom. The van der Waals surface area contributed by atoms with E-state index < -0.39 is 0 Å². The number of aromatic nitrogens is 1. The number of hydrogen-bond acceptors (Lipinski definition) is 1. The van der Waals surface area contributed by atoms with Gasteiger partial charge < -0.3 is 9.88 Å². The minimum absolute atomic E-state index is 0.962. The topological polar surface area (TPSA) is 19.0 Å². The summed E-state index contributed by atoms with van der Waals surface area (Å²) in [6, 6.07) is 3.92. The van der Waals surface area contributed by atoms with Crippen LogP contribution in [0.25, 0.3) is 0 Å². The smallest absolute Gasteiger partial charge is 0.0622 e. The van der Waals surface area contributed by atoms with E-state index in [1.54, 1.807) is 0 Å². The largest absolute Gasteiger partial charge is 0.356 e. The Hall–Kier alpha value is -0.760. The molecule has 2 nitrogen and oxygen atoms in total. The third-order valence-corrected chi connectivity index (χ3v) is 1.09. The maximum atomic E-state index is 3.00. The van der Waals surface area contributed by atoms with Gasteiger partial charge in [0.1, 0.15) is 0 Å². The third kappa shape index (κ3) is 1.90. The average Bonchev–Trinajstić information content (AvgIpc) is 2.15. The van der Waals surface area contributed by atoms with Gasteiger partial charge in [-0.2, -0.15) is 0 Å². The molecule has 1 aromatic rings. The number of aromatic amines is 1. The summed E-state index contributed by atoms with van der Waals surface area (Å²) in [5, 5.41) is 0. The standard InChI is InChI=1S/C7H11N2/c1-9(2)6-7-4-3-5-8-7/h3-4,8H,6H2,1-2H3. The molecule has 1 heterocycles. The van der Waals surface area contributed by atoms with Crippen LogP contribution in [-0.2, 0) is 6.54 Å². The molecule has 1 aromatic heterocycles. The monoisotopic (exact) mass is 123 g/mol. The highest BCUT2D eigenvalue weighted by Gasteiger charge is 1.92. The van der Waals surface area contributed by atoms with Gasteiger partial charge in [0.05, 0.1) is 6.20 Å². The predicted molar refractivity (Wildman–Crippen MR) is 37.0 cm³/mol. The minimum atomic E-state index is 0.962. The molecule has 0 aliphatic heterocycles. The van der Waals surface area contributed by atoms with E-state index in [9.17, 15) is 0 Å². The van der Waals surface area contributed by atoms with Gasteiger partial charge in [0, 0.05) is 12.2 Å². The van der Waals surface area contributed by atoms with E-state index in [-0.39, 0.29) is 0 Å². The highest BCUT2D eigenvalue weighted by molar-refractivity contribution is 5.01. The molecule has 1 N–H and O–H groups in total. The highest BCUT2D eigenvalue weighted by Crippen LogP contribution is 1.95. The lowest BCUT2D eigenvalue weighted by atomic mass is 10.4. The number of nitrogens with zero attached hydrogens (tertiary/aromatic N) is 1. The van der Waals surface area contributed by atoms with Crippen molar-refractivity contribution in [3.05, 3.63) is 24.0 Å². The Morgan fingerprint density at radius 1 is 1.67 bits per heavy atom. The highest BCUT2D eigenvalue weighted by atomic mass is 15.1. The molecule has 1 rings (SSSR count). The summed E-state index contributed by atoms with van der Waals surface area (Å²) < 4.78 is 0. The van der Waals surface area contributed by atoms with Gasteiger partial charge in [-0.1, -0.05) is 0 Å². The molecule has 0 saturated heterocycles. The molecule has 0 atom stereocenters. The molecule has 0 bridgehead atoms. The van der Waals surface area contributed by atoms with Gasteiger partial charge in [-0.3, -0.25) is 0 Å². The lowest BCUT2D eigenvalue weighted by molar-refractivity contribution is 0.398. The van der Waals surface area contributed by atoms with Crippen molar-refractivity contribution in [3.63, 3.8) is 0 Å². The van der Waals surface area contributed by atoms with Crippen molar-refractivity contribution in [1.82, 2.24) is 9.88 Å². The van der Waals surface area contributed by atoms with Gasteiger partial charge in [-0.25, -0.2) is 0 Å². The van der Waals surface area contributed by atoms with E-state index in [0.717, 1.165) is 6.54 Å². The fourth-order valence-electron chi connectivity index (χ4n) is 0.751. The quantitative estimate of drug-likeness (QED) is 0.618. The molecule has 1 radical (unpaired) electrons. The summed E-state index contributed by atoms with van der Waals surface area (Å²) in [4.78, 5) is 5.11. The predicted octanol–water partition coefficient (Wildman–Crippen LogP) is 0.876. The van der Waals surface area contributed by atoms with Crippen molar-refractivity contribution >= 4 is 0 Å². The molecule has 2 heteroatoms. The van der Waals surface area contributed by atoms with E-state index >= 15 is 0 Å². The first-order valence-electron chi connectivity index (χ1n) is 2.97. The number of hydrogen-bond donors (Lipinski definition) is 1. The van der Waals surface area contributed by atoms with Crippen LogP contribution in [0.15, 0.2) is 12.1 Å². The molecular weight excluding hydrogens is 112 g/mol. The second-order valence-corrected chi connectivity index (χ2v) is 2.37. The van der Waals surface area contributed by atoms with Crippen LogP contribution in [0, 0.1) is 6.20 Å². The van der Waals surface area contributed by atoms with Crippen LogP contribution in [0.5, 0.6) is 0 Å². The zero-order chi connectivity index (χ0) is 6.69. The Morgan fingerprint density at radius 3 is 2.89 bits per heavy atom. The van der Waals surface area contributed by atoms with Crippen LogP contribution in [0.2, 0.25) is 0 Å². The molecule has 0 aliphatic rings. The van der Waals surface area contributed by atoms with Gasteiger partial charge in [0.25, 0.3) is 0 Å². The first kappa shape index (κ1) is 6.36. The number of nitrogens with one attached hydrogen (secondary N) is 1. The maximum Gasteiger partial charge on any atom is 0.0622 e. The SMILES string of the molecule is CN(C)Cc1cc[c][nH]1. The Balaban J connectivity index is 2.48. The van der Waals surface area contributed by atoms with Gasteiger partial charge in [0.15, 0.2) is 0 Å². The van der Waals surface area contributed by atoms with Crippen LogP contribution < -0.4 is 0 Å². The average molecular weight is 123 g/mol. The first-order valence-corrected chi connectivity index (χ1v) is 2.97. The van der Waals surface area contributed by atoms with Crippen molar-refractivity contribution in [2.75, 3.05) is 14.1 Å². The summed E-state index contributed by atoms with van der Waals surface area (Å²) in [7, 11) is 4.08. The van der Waals surface area contributed by atoms with E-state index in [4.69, 9.17) is 0 Å². The zero-order valence-corrected chi connectivity index (χ0v) is 5.81. The van der Waals surface area contributed by atoms with E-state index in [0.29, 0.717) is 0 Å².